The summed E-state index contributed by atoms with van der Waals surface area (Å²) in [6.07, 6.45) is 1.60. The smallest absolute Gasteiger partial charge is 0.313 e. The summed E-state index contributed by atoms with van der Waals surface area (Å²) in [5, 5.41) is 10.0. The van der Waals surface area contributed by atoms with E-state index < -0.39 is 31.1 Å². The number of aliphatic carboxylic acids is 1. The van der Waals surface area contributed by atoms with E-state index >= 15 is 0 Å². The second-order valence-corrected chi connectivity index (χ2v) is 14.2. The number of nitrogens with zero attached hydrogens (tertiary/aromatic N) is 1. The third-order valence-corrected chi connectivity index (χ3v) is 11.7. The van der Waals surface area contributed by atoms with Crippen LogP contribution in [0.3, 0.4) is 0 Å². The van der Waals surface area contributed by atoms with Gasteiger partial charge in [0.2, 0.25) is 5.95 Å². The first kappa shape index (κ1) is 18.1. The highest BCUT2D eigenvalue weighted by molar-refractivity contribution is 6.74. The predicted octanol–water partition coefficient (Wildman–Crippen LogP) is 3.49. The van der Waals surface area contributed by atoms with Gasteiger partial charge in [-0.15, -0.1) is 0 Å². The molecule has 7 heteroatoms. The molecule has 3 heterocycles. The quantitative estimate of drug-likeness (QED) is 0.641. The van der Waals surface area contributed by atoms with Gasteiger partial charge in [-0.05, 0) is 42.2 Å². The molecule has 0 aromatic carbocycles. The van der Waals surface area contributed by atoms with Crippen LogP contribution in [0.2, 0.25) is 18.1 Å². The van der Waals surface area contributed by atoms with E-state index in [0.29, 0.717) is 18.4 Å². The molecule has 1 N–H and O–H groups in total. The number of rotatable bonds is 4. The molecule has 2 bridgehead atoms. The topological polar surface area (TPSA) is 68.7 Å². The Balaban J connectivity index is 1.71. The number of fused-ring (bicyclic) bond motifs is 5. The van der Waals surface area contributed by atoms with Crippen LogP contribution < -0.4 is 0 Å². The van der Waals surface area contributed by atoms with E-state index in [2.05, 4.69) is 38.8 Å². The van der Waals surface area contributed by atoms with Crippen molar-refractivity contribution in [3.8, 4) is 0 Å². The Morgan fingerprint density at radius 1 is 1.46 bits per heavy atom. The maximum Gasteiger partial charge on any atom is 0.313 e. The van der Waals surface area contributed by atoms with Gasteiger partial charge < -0.3 is 14.3 Å². The minimum Gasteiger partial charge on any atom is -0.481 e. The van der Waals surface area contributed by atoms with Gasteiger partial charge in [0.1, 0.15) is 5.41 Å². The fourth-order valence-corrected chi connectivity index (χ4v) is 6.16. The van der Waals surface area contributed by atoms with Crippen molar-refractivity contribution in [3.05, 3.63) is 29.8 Å². The molecule has 5 atom stereocenters. The van der Waals surface area contributed by atoms with E-state index in [9.17, 15) is 14.3 Å². The minimum atomic E-state index is -2.03. The van der Waals surface area contributed by atoms with Gasteiger partial charge in [-0.25, -0.2) is 4.98 Å². The van der Waals surface area contributed by atoms with E-state index in [-0.39, 0.29) is 23.4 Å². The molecule has 0 spiro atoms. The van der Waals surface area contributed by atoms with Crippen LogP contribution in [-0.4, -0.2) is 42.7 Å². The van der Waals surface area contributed by atoms with Gasteiger partial charge in [-0.2, -0.15) is 4.39 Å². The number of carboxylic acids is 1. The molecule has 1 aromatic heterocycles. The van der Waals surface area contributed by atoms with Crippen molar-refractivity contribution >= 4 is 14.3 Å². The number of hydrogen-bond acceptors (Lipinski definition) is 4. The van der Waals surface area contributed by atoms with Crippen molar-refractivity contribution in [2.45, 2.75) is 75.5 Å². The molecule has 142 valence electrons. The molecule has 1 aromatic rings. The molecule has 1 saturated carbocycles. The molecular formula is C19H26FNO4Si. The van der Waals surface area contributed by atoms with Crippen molar-refractivity contribution in [2.24, 2.45) is 5.41 Å². The Hall–Kier alpha value is -1.31. The largest absolute Gasteiger partial charge is 0.481 e. The van der Waals surface area contributed by atoms with Crippen LogP contribution >= 0.6 is 0 Å². The van der Waals surface area contributed by atoms with Crippen LogP contribution in [0, 0.1) is 11.4 Å². The van der Waals surface area contributed by atoms with Crippen LogP contribution in [0.4, 0.5) is 4.39 Å². The maximum absolute atomic E-state index is 13.8. The number of halogens is 1. The Morgan fingerprint density at radius 3 is 2.73 bits per heavy atom. The average molecular weight is 380 g/mol. The number of carbonyl (C=O) groups is 1. The Bertz CT molecular complexity index is 779. The maximum atomic E-state index is 13.8. The lowest BCUT2D eigenvalue weighted by molar-refractivity contribution is -0.146. The third-order valence-electron chi connectivity index (χ3n) is 7.23. The molecule has 1 aliphatic carbocycles. The summed E-state index contributed by atoms with van der Waals surface area (Å²) >= 11 is 0. The molecule has 5 nitrogen and oxygen atoms in total. The normalized spacial score (nSPS) is 38.3. The van der Waals surface area contributed by atoms with Crippen LogP contribution in [0.1, 0.15) is 39.2 Å². The third kappa shape index (κ3) is 2.08. The Kier molecular flexibility index (Phi) is 3.57. The second kappa shape index (κ2) is 5.14. The molecule has 0 unspecified atom stereocenters. The van der Waals surface area contributed by atoms with Gasteiger partial charge in [0.15, 0.2) is 8.32 Å². The molecule has 3 fully saturated rings. The zero-order valence-corrected chi connectivity index (χ0v) is 16.9. The first-order chi connectivity index (χ1) is 12.0. The Labute approximate surface area is 154 Å². The van der Waals surface area contributed by atoms with Crippen molar-refractivity contribution < 1.29 is 23.5 Å². The zero-order chi connectivity index (χ0) is 19.1. The second-order valence-electron chi connectivity index (χ2n) is 9.49. The summed E-state index contributed by atoms with van der Waals surface area (Å²) in [6, 6.07) is 3.08. The average Bonchev–Trinajstić information content (AvgIpc) is 3.00. The van der Waals surface area contributed by atoms with Gasteiger partial charge in [0.05, 0.1) is 18.3 Å². The highest BCUT2D eigenvalue weighted by Crippen LogP contribution is 2.78. The minimum absolute atomic E-state index is 0.0538. The van der Waals surface area contributed by atoms with Gasteiger partial charge in [0.25, 0.3) is 0 Å². The van der Waals surface area contributed by atoms with E-state index in [4.69, 9.17) is 9.16 Å². The SMILES string of the molecule is CC(C)(C)[Si](C)(C)O[C@H]1C[C@H]2O[C@@H]1[C@]1(c3ccnc(F)c3)C[C@]21C(=O)O. The lowest BCUT2D eigenvalue weighted by atomic mass is 9.74. The molecule has 2 aliphatic heterocycles. The number of hydrogen-bond donors (Lipinski definition) is 1. The summed E-state index contributed by atoms with van der Waals surface area (Å²) in [5.74, 6) is -1.44. The molecule has 3 aliphatic rings. The summed E-state index contributed by atoms with van der Waals surface area (Å²) in [5.41, 5.74) is -0.999. The molecular weight excluding hydrogens is 353 g/mol. The summed E-state index contributed by atoms with van der Waals surface area (Å²) < 4.78 is 26.5. The van der Waals surface area contributed by atoms with Crippen molar-refractivity contribution in [1.82, 2.24) is 4.98 Å². The lowest BCUT2D eigenvalue weighted by Gasteiger charge is -2.41. The summed E-state index contributed by atoms with van der Waals surface area (Å²) in [4.78, 5) is 15.8. The number of ether oxygens (including phenoxy) is 1. The Morgan fingerprint density at radius 2 is 2.15 bits per heavy atom. The standard InChI is InChI=1S/C19H26FNO4Si/c1-17(2,3)26(4,5)25-12-9-13-19(16(22)23)10-18(19,15(12)24-13)11-6-7-21-14(20)8-11/h6-8,12-13,15H,9-10H2,1-5H3,(H,22,23)/t12-,13+,15-,18+,19+/m0/s1. The molecule has 2 saturated heterocycles. The van der Waals surface area contributed by atoms with Gasteiger partial charge >= 0.3 is 5.97 Å². The zero-order valence-electron chi connectivity index (χ0n) is 15.9. The predicted molar refractivity (Wildman–Crippen MR) is 95.9 cm³/mol. The molecule has 0 amide bonds. The van der Waals surface area contributed by atoms with Crippen LogP contribution in [0.15, 0.2) is 18.3 Å². The van der Waals surface area contributed by atoms with Crippen LogP contribution in [-0.2, 0) is 19.4 Å². The van der Waals surface area contributed by atoms with Gasteiger partial charge in [0, 0.05) is 18.0 Å². The highest BCUT2D eigenvalue weighted by Gasteiger charge is 2.87. The number of carboxylic acid groups (broad SMARTS) is 1. The van der Waals surface area contributed by atoms with Crippen molar-refractivity contribution in [3.63, 3.8) is 0 Å². The van der Waals surface area contributed by atoms with Crippen molar-refractivity contribution in [2.75, 3.05) is 0 Å². The van der Waals surface area contributed by atoms with E-state index in [1.54, 1.807) is 6.07 Å². The fraction of sp³-hybridized carbons (Fsp3) is 0.684. The summed E-state index contributed by atoms with van der Waals surface area (Å²) in [6.45, 7) is 10.9. The van der Waals surface area contributed by atoms with E-state index in [1.165, 1.54) is 12.3 Å². The molecule has 4 rings (SSSR count). The number of aromatic nitrogens is 1. The molecule has 0 radical (unpaired) electrons. The monoisotopic (exact) mass is 379 g/mol. The van der Waals surface area contributed by atoms with Crippen LogP contribution in [0.5, 0.6) is 0 Å². The first-order valence-corrected chi connectivity index (χ1v) is 12.1. The lowest BCUT2D eigenvalue weighted by Crippen LogP contribution is -2.50. The summed E-state index contributed by atoms with van der Waals surface area (Å²) in [7, 11) is -2.03. The van der Waals surface area contributed by atoms with E-state index in [1.807, 2.05) is 0 Å². The molecule has 26 heavy (non-hydrogen) atoms. The van der Waals surface area contributed by atoms with Gasteiger partial charge in [-0.1, -0.05) is 20.8 Å². The fourth-order valence-electron chi connectivity index (χ4n) is 4.83. The van der Waals surface area contributed by atoms with E-state index in [0.717, 1.165) is 0 Å². The van der Waals surface area contributed by atoms with Crippen LogP contribution in [0.25, 0.3) is 0 Å². The van der Waals surface area contributed by atoms with Gasteiger partial charge in [-0.3, -0.25) is 4.79 Å². The first-order valence-electron chi connectivity index (χ1n) is 9.14. The number of pyridine rings is 1. The van der Waals surface area contributed by atoms with Crippen molar-refractivity contribution in [1.29, 1.82) is 0 Å². The highest BCUT2D eigenvalue weighted by atomic mass is 28.4.